The van der Waals surface area contributed by atoms with Crippen LogP contribution in [0.3, 0.4) is 0 Å². The summed E-state index contributed by atoms with van der Waals surface area (Å²) in [6.07, 6.45) is 2.48. The van der Waals surface area contributed by atoms with Crippen LogP contribution in [0.5, 0.6) is 0 Å². The highest BCUT2D eigenvalue weighted by Crippen LogP contribution is 2.28. The number of aromatic amines is 1. The summed E-state index contributed by atoms with van der Waals surface area (Å²) in [7, 11) is -3.62. The minimum Gasteiger partial charge on any atom is -0.338 e. The van der Waals surface area contributed by atoms with Gasteiger partial charge in [0.2, 0.25) is 10.0 Å². The van der Waals surface area contributed by atoms with Crippen molar-refractivity contribution in [2.75, 3.05) is 17.7 Å². The largest absolute Gasteiger partial charge is 0.338 e. The Kier molecular flexibility index (Phi) is 6.11. The number of aromatic nitrogens is 1. The molecular formula is C23H24N4O4S. The van der Waals surface area contributed by atoms with E-state index in [2.05, 4.69) is 10.3 Å². The lowest BCUT2D eigenvalue weighted by atomic mass is 10.1. The minimum atomic E-state index is -3.62. The molecule has 2 N–H and O–H groups in total. The number of nitrogens with zero attached hydrogens (tertiary/aromatic N) is 2. The summed E-state index contributed by atoms with van der Waals surface area (Å²) in [5.74, 6) is 0. The highest BCUT2D eigenvalue weighted by Gasteiger charge is 2.37. The third-order valence-corrected chi connectivity index (χ3v) is 6.63. The molecule has 32 heavy (non-hydrogen) atoms. The van der Waals surface area contributed by atoms with E-state index in [0.717, 1.165) is 11.8 Å². The average molecular weight is 453 g/mol. The molecule has 0 radical (unpaired) electrons. The number of rotatable bonds is 6. The minimum absolute atomic E-state index is 0.158. The molecule has 3 aromatic rings. The van der Waals surface area contributed by atoms with E-state index in [4.69, 9.17) is 0 Å². The summed E-state index contributed by atoms with van der Waals surface area (Å²) < 4.78 is 26.8. The summed E-state index contributed by atoms with van der Waals surface area (Å²) in [6, 6.07) is 19.3. The van der Waals surface area contributed by atoms with E-state index in [-0.39, 0.29) is 18.1 Å². The third kappa shape index (κ3) is 4.58. The second kappa shape index (κ2) is 8.97. The lowest BCUT2D eigenvalue weighted by Crippen LogP contribution is -2.60. The molecule has 2 heterocycles. The molecule has 0 saturated carbocycles. The average Bonchev–Trinajstić information content (AvgIpc) is 2.78. The lowest BCUT2D eigenvalue weighted by molar-refractivity contribution is 0.217. The molecule has 1 aliphatic heterocycles. The Bertz CT molecular complexity index is 1260. The topological polar surface area (TPSA) is 103 Å². The van der Waals surface area contributed by atoms with Crippen LogP contribution >= 0.6 is 0 Å². The molecule has 1 atom stereocenters. The number of sulfonamides is 1. The van der Waals surface area contributed by atoms with Gasteiger partial charge in [0, 0.05) is 37.0 Å². The van der Waals surface area contributed by atoms with Gasteiger partial charge < -0.3 is 10.3 Å². The molecular weight excluding hydrogens is 428 g/mol. The second-order valence-corrected chi connectivity index (χ2v) is 9.56. The van der Waals surface area contributed by atoms with Gasteiger partial charge in [0.05, 0.1) is 6.26 Å². The number of carbonyl (C=O) groups is 1. The number of urea groups is 1. The quantitative estimate of drug-likeness (QED) is 0.600. The van der Waals surface area contributed by atoms with E-state index in [1.54, 1.807) is 42.6 Å². The Morgan fingerprint density at radius 3 is 2.38 bits per heavy atom. The zero-order chi connectivity index (χ0) is 22.7. The van der Waals surface area contributed by atoms with E-state index in [1.807, 2.05) is 30.3 Å². The maximum absolute atomic E-state index is 12.8. The fraction of sp³-hybridized carbons (Fsp3) is 0.217. The number of pyridine rings is 1. The molecule has 0 aliphatic carbocycles. The van der Waals surface area contributed by atoms with Gasteiger partial charge in [-0.15, -0.1) is 0 Å². The van der Waals surface area contributed by atoms with Crippen molar-refractivity contribution in [3.05, 3.63) is 88.8 Å². The van der Waals surface area contributed by atoms with Crippen molar-refractivity contribution < 1.29 is 13.2 Å². The zero-order valence-electron chi connectivity index (χ0n) is 17.6. The van der Waals surface area contributed by atoms with Gasteiger partial charge in [0.15, 0.2) is 0 Å². The summed E-state index contributed by atoms with van der Waals surface area (Å²) >= 11 is 0. The molecule has 1 aliphatic rings. The van der Waals surface area contributed by atoms with Crippen molar-refractivity contribution in [3.63, 3.8) is 0 Å². The predicted molar refractivity (Wildman–Crippen MR) is 124 cm³/mol. The second-order valence-electron chi connectivity index (χ2n) is 7.62. The number of benzene rings is 2. The Morgan fingerprint density at radius 1 is 1.00 bits per heavy atom. The molecule has 2 amide bonds. The van der Waals surface area contributed by atoms with Crippen LogP contribution in [0.15, 0.2) is 77.7 Å². The van der Waals surface area contributed by atoms with Gasteiger partial charge >= 0.3 is 6.03 Å². The molecule has 4 rings (SSSR count). The van der Waals surface area contributed by atoms with Gasteiger partial charge in [-0.2, -0.15) is 4.31 Å². The van der Waals surface area contributed by atoms with Crippen molar-refractivity contribution in [3.8, 4) is 11.1 Å². The molecule has 1 fully saturated rings. The number of amides is 2. The van der Waals surface area contributed by atoms with Gasteiger partial charge in [0.25, 0.3) is 5.56 Å². The summed E-state index contributed by atoms with van der Waals surface area (Å²) in [5, 5.41) is 2.80. The van der Waals surface area contributed by atoms with E-state index in [9.17, 15) is 18.0 Å². The Labute approximate surface area is 186 Å². The number of H-pyrrole nitrogens is 1. The standard InChI is InChI=1S/C23H24N4O4S/c1-32(30,31)26(16-17-6-3-2-4-7-17)21-13-15-25-23(29)27(21)19-11-9-18(10-12-19)20-8-5-14-24-22(20)28/h2-12,14,21H,13,15-16H2,1H3,(H,24,28)(H,25,29). The Morgan fingerprint density at radius 2 is 1.72 bits per heavy atom. The molecule has 1 aromatic heterocycles. The molecule has 0 spiro atoms. The number of hydrogen-bond donors (Lipinski definition) is 2. The first kappa shape index (κ1) is 21.8. The molecule has 1 unspecified atom stereocenters. The van der Waals surface area contributed by atoms with Gasteiger partial charge in [0.1, 0.15) is 6.17 Å². The molecule has 166 valence electrons. The van der Waals surface area contributed by atoms with Crippen LogP contribution in [0.25, 0.3) is 11.1 Å². The monoisotopic (exact) mass is 452 g/mol. The summed E-state index contributed by atoms with van der Waals surface area (Å²) in [4.78, 5) is 29.0. The van der Waals surface area contributed by atoms with E-state index in [1.165, 1.54) is 9.21 Å². The van der Waals surface area contributed by atoms with E-state index < -0.39 is 16.2 Å². The summed E-state index contributed by atoms with van der Waals surface area (Å²) in [5.41, 5.74) is 2.39. The van der Waals surface area contributed by atoms with Crippen LogP contribution < -0.4 is 15.8 Å². The van der Waals surface area contributed by atoms with E-state index >= 15 is 0 Å². The Balaban J connectivity index is 1.69. The predicted octanol–water partition coefficient (Wildman–Crippen LogP) is 2.75. The molecule has 0 bridgehead atoms. The van der Waals surface area contributed by atoms with Crippen LogP contribution in [0.4, 0.5) is 10.5 Å². The van der Waals surface area contributed by atoms with Gasteiger partial charge in [-0.3, -0.25) is 9.69 Å². The first-order chi connectivity index (χ1) is 15.3. The van der Waals surface area contributed by atoms with Crippen molar-refractivity contribution in [1.29, 1.82) is 0 Å². The van der Waals surface area contributed by atoms with Crippen LogP contribution in [0.2, 0.25) is 0 Å². The van der Waals surface area contributed by atoms with Crippen LogP contribution in [-0.2, 0) is 16.6 Å². The van der Waals surface area contributed by atoms with Gasteiger partial charge in [-0.1, -0.05) is 42.5 Å². The maximum Gasteiger partial charge on any atom is 0.323 e. The first-order valence-corrected chi connectivity index (χ1v) is 12.1. The van der Waals surface area contributed by atoms with Gasteiger partial charge in [-0.25, -0.2) is 13.2 Å². The number of nitrogens with one attached hydrogen (secondary N) is 2. The molecule has 9 heteroatoms. The molecule has 1 saturated heterocycles. The zero-order valence-corrected chi connectivity index (χ0v) is 18.4. The smallest absolute Gasteiger partial charge is 0.323 e. The number of carbonyl (C=O) groups excluding carboxylic acids is 1. The number of anilines is 1. The Hall–Kier alpha value is -3.43. The maximum atomic E-state index is 12.8. The molecule has 8 nitrogen and oxygen atoms in total. The van der Waals surface area contributed by atoms with Crippen LogP contribution in [0, 0.1) is 0 Å². The van der Waals surface area contributed by atoms with Crippen molar-refractivity contribution >= 4 is 21.7 Å². The fourth-order valence-corrected chi connectivity index (χ4v) is 4.90. The third-order valence-electron chi connectivity index (χ3n) is 5.41. The van der Waals surface area contributed by atoms with Crippen molar-refractivity contribution in [2.24, 2.45) is 0 Å². The van der Waals surface area contributed by atoms with Crippen LogP contribution in [0.1, 0.15) is 12.0 Å². The summed E-state index contributed by atoms with van der Waals surface area (Å²) in [6.45, 7) is 0.532. The van der Waals surface area contributed by atoms with Crippen molar-refractivity contribution in [2.45, 2.75) is 19.1 Å². The fourth-order valence-electron chi connectivity index (χ4n) is 3.88. The van der Waals surface area contributed by atoms with Gasteiger partial charge in [-0.05, 0) is 35.4 Å². The van der Waals surface area contributed by atoms with Crippen molar-refractivity contribution in [1.82, 2.24) is 14.6 Å². The number of hydrogen-bond acceptors (Lipinski definition) is 4. The lowest BCUT2D eigenvalue weighted by Gasteiger charge is -2.41. The molecule has 2 aromatic carbocycles. The highest BCUT2D eigenvalue weighted by molar-refractivity contribution is 7.88. The van der Waals surface area contributed by atoms with Crippen LogP contribution in [-0.4, -0.2) is 42.7 Å². The van der Waals surface area contributed by atoms with E-state index in [0.29, 0.717) is 29.8 Å². The highest BCUT2D eigenvalue weighted by atomic mass is 32.2. The normalized spacial score (nSPS) is 16.8. The SMILES string of the molecule is CS(=O)(=O)N(Cc1ccccc1)C1CCNC(=O)N1c1ccc(-c2ccc[nH]c2=O)cc1. The first-order valence-electron chi connectivity index (χ1n) is 10.2.